The number of benzene rings is 1. The van der Waals surface area contributed by atoms with E-state index in [4.69, 9.17) is 11.6 Å². The Morgan fingerprint density at radius 2 is 1.95 bits per heavy atom. The van der Waals surface area contributed by atoms with Gasteiger partial charge in [0.1, 0.15) is 6.17 Å². The van der Waals surface area contributed by atoms with E-state index in [0.717, 1.165) is 29.8 Å². The average molecular weight is 295 g/mol. The van der Waals surface area contributed by atoms with Crippen molar-refractivity contribution in [2.24, 2.45) is 0 Å². The Balaban J connectivity index is 2.28. The molecule has 0 spiro atoms. The van der Waals surface area contributed by atoms with Crippen LogP contribution in [-0.2, 0) is 4.79 Å². The van der Waals surface area contributed by atoms with E-state index in [1.165, 1.54) is 0 Å². The van der Waals surface area contributed by atoms with Crippen molar-refractivity contribution in [3.63, 3.8) is 0 Å². The molecule has 4 heteroatoms. The average Bonchev–Trinajstić information content (AvgIpc) is 2.77. The lowest BCUT2D eigenvalue weighted by Gasteiger charge is -2.30. The van der Waals surface area contributed by atoms with Crippen LogP contribution in [0, 0.1) is 0 Å². The summed E-state index contributed by atoms with van der Waals surface area (Å²) in [7, 11) is 0. The van der Waals surface area contributed by atoms with Gasteiger partial charge < -0.3 is 4.90 Å². The fraction of sp³-hybridized carbons (Fsp3) is 0.562. The van der Waals surface area contributed by atoms with Gasteiger partial charge in [0.05, 0.1) is 6.04 Å². The number of nitrogens with one attached hydrogen (secondary N) is 1. The number of hydrogen-bond acceptors (Lipinski definition) is 2. The van der Waals surface area contributed by atoms with Gasteiger partial charge in [-0.15, -0.1) is 0 Å². The molecule has 0 aliphatic carbocycles. The summed E-state index contributed by atoms with van der Waals surface area (Å²) >= 11 is 5.95. The molecule has 0 radical (unpaired) electrons. The predicted octanol–water partition coefficient (Wildman–Crippen LogP) is 3.74. The molecule has 1 fully saturated rings. The van der Waals surface area contributed by atoms with Crippen LogP contribution in [0.4, 0.5) is 0 Å². The molecule has 0 saturated carbocycles. The first-order chi connectivity index (χ1) is 9.58. The molecular formula is C16H23ClN2O. The molecule has 1 aliphatic heterocycles. The van der Waals surface area contributed by atoms with Crippen LogP contribution in [0.2, 0.25) is 5.02 Å². The Morgan fingerprint density at radius 1 is 1.30 bits per heavy atom. The largest absolute Gasteiger partial charge is 0.319 e. The minimum Gasteiger partial charge on any atom is -0.319 e. The van der Waals surface area contributed by atoms with Crippen LogP contribution in [-0.4, -0.2) is 22.9 Å². The highest BCUT2D eigenvalue weighted by molar-refractivity contribution is 6.30. The Bertz CT molecular complexity index is 460. The van der Waals surface area contributed by atoms with E-state index in [-0.39, 0.29) is 24.2 Å². The maximum absolute atomic E-state index is 12.5. The molecule has 110 valence electrons. The van der Waals surface area contributed by atoms with Crippen LogP contribution in [0.1, 0.15) is 51.8 Å². The molecule has 1 N–H and O–H groups in total. The van der Waals surface area contributed by atoms with Crippen LogP contribution in [0.3, 0.4) is 0 Å². The van der Waals surface area contributed by atoms with Crippen molar-refractivity contribution in [3.8, 4) is 0 Å². The van der Waals surface area contributed by atoms with Gasteiger partial charge in [0.15, 0.2) is 0 Å². The monoisotopic (exact) mass is 294 g/mol. The Labute approximate surface area is 126 Å². The molecule has 0 aromatic heterocycles. The first kappa shape index (κ1) is 15.3. The van der Waals surface area contributed by atoms with Crippen LogP contribution in [0.5, 0.6) is 0 Å². The number of amides is 1. The third-order valence-corrected chi connectivity index (χ3v) is 4.22. The lowest BCUT2D eigenvalue weighted by atomic mass is 10.1. The summed E-state index contributed by atoms with van der Waals surface area (Å²) in [5.74, 6) is 0.216. The fourth-order valence-corrected chi connectivity index (χ4v) is 3.00. The molecular weight excluding hydrogens is 272 g/mol. The van der Waals surface area contributed by atoms with Crippen molar-refractivity contribution < 1.29 is 4.79 Å². The summed E-state index contributed by atoms with van der Waals surface area (Å²) < 4.78 is 0. The molecule has 1 aromatic rings. The van der Waals surface area contributed by atoms with E-state index in [9.17, 15) is 4.79 Å². The second kappa shape index (κ2) is 6.59. The molecule has 20 heavy (non-hydrogen) atoms. The Hall–Kier alpha value is -1.06. The minimum atomic E-state index is -0.0741. The van der Waals surface area contributed by atoms with Gasteiger partial charge in [0, 0.05) is 11.1 Å². The van der Waals surface area contributed by atoms with Gasteiger partial charge in [0.25, 0.3) is 0 Å². The number of nitrogens with zero attached hydrogens (tertiary/aromatic N) is 1. The molecule has 1 aromatic carbocycles. The topological polar surface area (TPSA) is 32.3 Å². The summed E-state index contributed by atoms with van der Waals surface area (Å²) in [4.78, 5) is 14.5. The van der Waals surface area contributed by atoms with Gasteiger partial charge in [-0.25, -0.2) is 0 Å². The first-order valence-electron chi connectivity index (χ1n) is 7.42. The minimum absolute atomic E-state index is 0.0359. The smallest absolute Gasteiger partial charge is 0.241 e. The number of carbonyl (C=O) groups is 1. The Morgan fingerprint density at radius 3 is 2.50 bits per heavy atom. The molecule has 3 atom stereocenters. The van der Waals surface area contributed by atoms with E-state index in [0.29, 0.717) is 0 Å². The van der Waals surface area contributed by atoms with E-state index in [1.54, 1.807) is 0 Å². The highest BCUT2D eigenvalue weighted by Gasteiger charge is 2.40. The molecule has 1 saturated heterocycles. The standard InChI is InChI=1S/C16H23ClN2O/c1-4-6-11(3)19-15(18-14(5-2)16(19)20)12-7-9-13(17)10-8-12/h7-11,14-15,18H,4-6H2,1-3H3. The van der Waals surface area contributed by atoms with Gasteiger partial charge in [-0.1, -0.05) is 44.0 Å². The van der Waals surface area contributed by atoms with Crippen molar-refractivity contribution in [1.29, 1.82) is 0 Å². The summed E-state index contributed by atoms with van der Waals surface area (Å²) in [6.45, 7) is 6.32. The zero-order chi connectivity index (χ0) is 14.7. The fourth-order valence-electron chi connectivity index (χ4n) is 2.87. The number of rotatable bonds is 5. The van der Waals surface area contributed by atoms with E-state index >= 15 is 0 Å². The molecule has 3 unspecified atom stereocenters. The zero-order valence-electron chi connectivity index (χ0n) is 12.4. The van der Waals surface area contributed by atoms with Crippen LogP contribution in [0.25, 0.3) is 0 Å². The van der Waals surface area contributed by atoms with Crippen molar-refractivity contribution >= 4 is 17.5 Å². The van der Waals surface area contributed by atoms with Crippen molar-refractivity contribution in [2.45, 2.75) is 58.3 Å². The SMILES string of the molecule is CCCC(C)N1C(=O)C(CC)NC1c1ccc(Cl)cc1. The Kier molecular flexibility index (Phi) is 5.06. The van der Waals surface area contributed by atoms with Gasteiger partial charge >= 0.3 is 0 Å². The number of halogens is 1. The predicted molar refractivity (Wildman–Crippen MR) is 82.6 cm³/mol. The van der Waals surface area contributed by atoms with Crippen molar-refractivity contribution in [1.82, 2.24) is 10.2 Å². The molecule has 1 heterocycles. The molecule has 1 amide bonds. The first-order valence-corrected chi connectivity index (χ1v) is 7.80. The maximum atomic E-state index is 12.5. The van der Waals surface area contributed by atoms with Gasteiger partial charge in [0.2, 0.25) is 5.91 Å². The number of hydrogen-bond donors (Lipinski definition) is 1. The lowest BCUT2D eigenvalue weighted by Crippen LogP contribution is -2.38. The summed E-state index contributed by atoms with van der Waals surface area (Å²) in [6, 6.07) is 7.93. The molecule has 1 aliphatic rings. The summed E-state index contributed by atoms with van der Waals surface area (Å²) in [5.41, 5.74) is 1.10. The highest BCUT2D eigenvalue weighted by atomic mass is 35.5. The third kappa shape index (κ3) is 2.99. The van der Waals surface area contributed by atoms with Crippen LogP contribution >= 0.6 is 11.6 Å². The van der Waals surface area contributed by atoms with Crippen LogP contribution < -0.4 is 5.32 Å². The van der Waals surface area contributed by atoms with Gasteiger partial charge in [-0.3, -0.25) is 10.1 Å². The summed E-state index contributed by atoms with van der Waals surface area (Å²) in [6.07, 6.45) is 2.88. The highest BCUT2D eigenvalue weighted by Crippen LogP contribution is 2.30. The quantitative estimate of drug-likeness (QED) is 0.897. The zero-order valence-corrected chi connectivity index (χ0v) is 13.2. The van der Waals surface area contributed by atoms with E-state index in [1.807, 2.05) is 36.1 Å². The maximum Gasteiger partial charge on any atom is 0.241 e. The molecule has 3 nitrogen and oxygen atoms in total. The molecule has 2 rings (SSSR count). The summed E-state index contributed by atoms with van der Waals surface area (Å²) in [5, 5.41) is 4.17. The van der Waals surface area contributed by atoms with Crippen LogP contribution in [0.15, 0.2) is 24.3 Å². The molecule has 0 bridgehead atoms. The van der Waals surface area contributed by atoms with E-state index < -0.39 is 0 Å². The van der Waals surface area contributed by atoms with Crippen molar-refractivity contribution in [3.05, 3.63) is 34.9 Å². The van der Waals surface area contributed by atoms with E-state index in [2.05, 4.69) is 19.2 Å². The second-order valence-electron chi connectivity index (χ2n) is 5.46. The van der Waals surface area contributed by atoms with Crippen molar-refractivity contribution in [2.75, 3.05) is 0 Å². The number of carbonyl (C=O) groups excluding carboxylic acids is 1. The normalized spacial score (nSPS) is 24.2. The second-order valence-corrected chi connectivity index (χ2v) is 5.90. The van der Waals surface area contributed by atoms with Gasteiger partial charge in [-0.2, -0.15) is 0 Å². The lowest BCUT2D eigenvalue weighted by molar-refractivity contribution is -0.132. The third-order valence-electron chi connectivity index (χ3n) is 3.97. The van der Waals surface area contributed by atoms with Gasteiger partial charge in [-0.05, 0) is 37.5 Å².